The lowest BCUT2D eigenvalue weighted by Gasteiger charge is -2.30. The van der Waals surface area contributed by atoms with Crippen LogP contribution in [-0.2, 0) is 11.3 Å². The minimum atomic E-state index is -0.764. The number of hydrogen-bond donors (Lipinski definition) is 1. The number of carboxylic acid groups (broad SMARTS) is 1. The van der Waals surface area contributed by atoms with E-state index in [0.29, 0.717) is 44.1 Å². The topological polar surface area (TPSA) is 62.5 Å². The molecule has 0 bridgehead atoms. The van der Waals surface area contributed by atoms with E-state index < -0.39 is 5.97 Å². The van der Waals surface area contributed by atoms with Crippen molar-refractivity contribution in [2.24, 2.45) is 5.92 Å². The zero-order valence-corrected chi connectivity index (χ0v) is 16.4. The highest BCUT2D eigenvalue weighted by molar-refractivity contribution is 6.02. The van der Waals surface area contributed by atoms with E-state index in [1.807, 2.05) is 17.6 Å². The summed E-state index contributed by atoms with van der Waals surface area (Å²) in [7, 11) is 0. The number of likely N-dealkylation sites (tertiary alicyclic amines) is 1. The van der Waals surface area contributed by atoms with E-state index >= 15 is 0 Å². The van der Waals surface area contributed by atoms with Gasteiger partial charge in [-0.15, -0.1) is 6.58 Å². The largest absolute Gasteiger partial charge is 0.481 e. The fraction of sp³-hybridized carbons (Fsp3) is 0.455. The number of carbonyl (C=O) groups is 2. The normalized spacial score (nSPS) is 15.5. The van der Waals surface area contributed by atoms with Gasteiger partial charge in [0.1, 0.15) is 5.69 Å². The SMILES string of the molecule is C=CCn1c(C(=O)N2CCC(C(=O)O)CC2)c(C)c2cc(C(C)C)ccc21. The molecule has 0 unspecified atom stereocenters. The van der Waals surface area contributed by atoms with Crippen molar-refractivity contribution in [1.29, 1.82) is 0 Å². The van der Waals surface area contributed by atoms with E-state index in [1.165, 1.54) is 5.56 Å². The molecular weight excluding hydrogens is 340 g/mol. The summed E-state index contributed by atoms with van der Waals surface area (Å²) in [5.74, 6) is -0.700. The van der Waals surface area contributed by atoms with Gasteiger partial charge in [0.15, 0.2) is 0 Å². The first kappa shape index (κ1) is 19.2. The Balaban J connectivity index is 2.01. The van der Waals surface area contributed by atoms with E-state index in [0.717, 1.165) is 16.5 Å². The standard InChI is InChI=1S/C22H28N2O3/c1-5-10-24-19-7-6-17(14(2)3)13-18(19)15(4)20(24)21(25)23-11-8-16(9-12-23)22(26)27/h5-7,13-14,16H,1,8-12H2,2-4H3,(H,26,27). The maximum absolute atomic E-state index is 13.3. The van der Waals surface area contributed by atoms with Crippen LogP contribution in [0.3, 0.4) is 0 Å². The Morgan fingerprint density at radius 1 is 1.30 bits per heavy atom. The number of carboxylic acids is 1. The third kappa shape index (κ3) is 3.51. The van der Waals surface area contributed by atoms with Gasteiger partial charge in [0.2, 0.25) is 0 Å². The Morgan fingerprint density at radius 3 is 2.52 bits per heavy atom. The molecule has 1 amide bonds. The number of amides is 1. The molecule has 0 radical (unpaired) electrons. The van der Waals surface area contributed by atoms with Gasteiger partial charge in [-0.3, -0.25) is 9.59 Å². The van der Waals surface area contributed by atoms with Crippen molar-refractivity contribution in [2.75, 3.05) is 13.1 Å². The average molecular weight is 368 g/mol. The average Bonchev–Trinajstić information content (AvgIpc) is 2.93. The molecule has 1 aromatic carbocycles. The van der Waals surface area contributed by atoms with Gasteiger partial charge in [0.05, 0.1) is 5.92 Å². The van der Waals surface area contributed by atoms with Crippen LogP contribution in [0.25, 0.3) is 10.9 Å². The number of aryl methyl sites for hydroxylation is 1. The summed E-state index contributed by atoms with van der Waals surface area (Å²) in [6.07, 6.45) is 2.83. The van der Waals surface area contributed by atoms with Gasteiger partial charge >= 0.3 is 5.97 Å². The highest BCUT2D eigenvalue weighted by Gasteiger charge is 2.30. The molecule has 0 aliphatic carbocycles. The first-order chi connectivity index (χ1) is 12.8. The van der Waals surface area contributed by atoms with Crippen LogP contribution in [0.1, 0.15) is 54.2 Å². The monoisotopic (exact) mass is 368 g/mol. The summed E-state index contributed by atoms with van der Waals surface area (Å²) in [5, 5.41) is 10.3. The lowest BCUT2D eigenvalue weighted by atomic mass is 9.96. The molecule has 3 rings (SSSR count). The molecule has 2 heterocycles. The molecule has 5 nitrogen and oxygen atoms in total. The summed E-state index contributed by atoms with van der Waals surface area (Å²) < 4.78 is 2.04. The van der Waals surface area contributed by atoms with Crippen molar-refractivity contribution in [3.8, 4) is 0 Å². The Bertz CT molecular complexity index is 887. The predicted molar refractivity (Wildman–Crippen MR) is 107 cm³/mol. The minimum Gasteiger partial charge on any atom is -0.481 e. The molecule has 27 heavy (non-hydrogen) atoms. The van der Waals surface area contributed by atoms with Crippen LogP contribution in [-0.4, -0.2) is 39.5 Å². The van der Waals surface area contributed by atoms with Crippen LogP contribution in [0.4, 0.5) is 0 Å². The smallest absolute Gasteiger partial charge is 0.306 e. The number of allylic oxidation sites excluding steroid dienone is 1. The maximum atomic E-state index is 13.3. The van der Waals surface area contributed by atoms with Crippen molar-refractivity contribution in [1.82, 2.24) is 9.47 Å². The van der Waals surface area contributed by atoms with Crippen molar-refractivity contribution in [3.63, 3.8) is 0 Å². The van der Waals surface area contributed by atoms with Crippen molar-refractivity contribution in [3.05, 3.63) is 47.7 Å². The maximum Gasteiger partial charge on any atom is 0.306 e. The molecule has 1 fully saturated rings. The third-order valence-corrected chi connectivity index (χ3v) is 5.65. The summed E-state index contributed by atoms with van der Waals surface area (Å²) in [5.41, 5.74) is 3.97. The van der Waals surface area contributed by atoms with Gasteiger partial charge in [-0.1, -0.05) is 26.0 Å². The number of aromatic nitrogens is 1. The summed E-state index contributed by atoms with van der Waals surface area (Å²) in [4.78, 5) is 26.3. The first-order valence-corrected chi connectivity index (χ1v) is 9.60. The number of carbonyl (C=O) groups excluding carboxylic acids is 1. The number of nitrogens with zero attached hydrogens (tertiary/aromatic N) is 2. The Morgan fingerprint density at radius 2 is 1.96 bits per heavy atom. The van der Waals surface area contributed by atoms with Crippen LogP contribution in [0, 0.1) is 12.8 Å². The Kier molecular flexibility index (Phi) is 5.40. The van der Waals surface area contributed by atoms with Crippen LogP contribution >= 0.6 is 0 Å². The molecule has 1 aromatic heterocycles. The second-order valence-electron chi connectivity index (χ2n) is 7.71. The molecule has 144 valence electrons. The van der Waals surface area contributed by atoms with Crippen molar-refractivity contribution in [2.45, 2.75) is 46.1 Å². The van der Waals surface area contributed by atoms with Gasteiger partial charge in [-0.05, 0) is 48.9 Å². The second-order valence-corrected chi connectivity index (χ2v) is 7.71. The summed E-state index contributed by atoms with van der Waals surface area (Å²) in [6.45, 7) is 11.7. The lowest BCUT2D eigenvalue weighted by Crippen LogP contribution is -2.41. The van der Waals surface area contributed by atoms with Crippen LogP contribution in [0.15, 0.2) is 30.9 Å². The number of piperidine rings is 1. The Labute approximate surface area is 160 Å². The van der Waals surface area contributed by atoms with E-state index in [2.05, 4.69) is 38.6 Å². The highest BCUT2D eigenvalue weighted by Crippen LogP contribution is 2.31. The van der Waals surface area contributed by atoms with E-state index in [1.54, 1.807) is 4.90 Å². The second kappa shape index (κ2) is 7.59. The number of rotatable bonds is 5. The molecular formula is C22H28N2O3. The zero-order valence-electron chi connectivity index (χ0n) is 16.4. The predicted octanol–water partition coefficient (Wildman–Crippen LogP) is 4.20. The summed E-state index contributed by atoms with van der Waals surface area (Å²) in [6, 6.07) is 6.40. The fourth-order valence-corrected chi connectivity index (χ4v) is 3.97. The lowest BCUT2D eigenvalue weighted by molar-refractivity contribution is -0.143. The fourth-order valence-electron chi connectivity index (χ4n) is 3.97. The van der Waals surface area contributed by atoms with Crippen molar-refractivity contribution < 1.29 is 14.7 Å². The van der Waals surface area contributed by atoms with E-state index in [4.69, 9.17) is 0 Å². The van der Waals surface area contributed by atoms with Gasteiger partial charge in [-0.25, -0.2) is 0 Å². The molecule has 5 heteroatoms. The quantitative estimate of drug-likeness (QED) is 0.805. The number of hydrogen-bond acceptors (Lipinski definition) is 2. The molecule has 1 aliphatic heterocycles. The van der Waals surface area contributed by atoms with Crippen LogP contribution in [0.5, 0.6) is 0 Å². The third-order valence-electron chi connectivity index (χ3n) is 5.65. The summed E-state index contributed by atoms with van der Waals surface area (Å²) >= 11 is 0. The van der Waals surface area contributed by atoms with E-state index in [9.17, 15) is 14.7 Å². The molecule has 1 N–H and O–H groups in total. The van der Waals surface area contributed by atoms with Gasteiger partial charge in [0, 0.05) is 30.5 Å². The van der Waals surface area contributed by atoms with Crippen LogP contribution in [0.2, 0.25) is 0 Å². The Hall–Kier alpha value is -2.56. The number of benzene rings is 1. The molecule has 2 aromatic rings. The van der Waals surface area contributed by atoms with Crippen LogP contribution < -0.4 is 0 Å². The van der Waals surface area contributed by atoms with Crippen molar-refractivity contribution >= 4 is 22.8 Å². The molecule has 1 saturated heterocycles. The molecule has 0 spiro atoms. The minimum absolute atomic E-state index is 0.0134. The zero-order chi connectivity index (χ0) is 19.7. The first-order valence-electron chi connectivity index (χ1n) is 9.60. The molecule has 0 atom stereocenters. The van der Waals surface area contributed by atoms with Gasteiger partial charge < -0.3 is 14.6 Å². The molecule has 1 aliphatic rings. The highest BCUT2D eigenvalue weighted by atomic mass is 16.4. The number of aliphatic carboxylic acids is 1. The van der Waals surface area contributed by atoms with E-state index in [-0.39, 0.29) is 11.8 Å². The van der Waals surface area contributed by atoms with Gasteiger partial charge in [0.25, 0.3) is 5.91 Å². The molecule has 0 saturated carbocycles. The number of fused-ring (bicyclic) bond motifs is 1. The van der Waals surface area contributed by atoms with Gasteiger partial charge in [-0.2, -0.15) is 0 Å².